The van der Waals surface area contributed by atoms with E-state index in [1.165, 1.54) is 0 Å². The summed E-state index contributed by atoms with van der Waals surface area (Å²) in [7, 11) is 1.82. The number of rotatable bonds is 7. The molecule has 0 aromatic carbocycles. The molecule has 0 unspecified atom stereocenters. The van der Waals surface area contributed by atoms with Crippen LogP contribution in [-0.4, -0.2) is 40.0 Å². The molecule has 0 spiro atoms. The summed E-state index contributed by atoms with van der Waals surface area (Å²) in [6, 6.07) is 0. The number of halogens is 4. The summed E-state index contributed by atoms with van der Waals surface area (Å²) in [4.78, 5) is 4.26. The van der Waals surface area contributed by atoms with Crippen LogP contribution in [0.15, 0.2) is 4.99 Å². The highest BCUT2D eigenvalue weighted by atomic mass is 127. The number of hydrogen-bond acceptors (Lipinski definition) is 3. The highest BCUT2D eigenvalue weighted by molar-refractivity contribution is 14.0. The summed E-state index contributed by atoms with van der Waals surface area (Å²) >= 11 is 0. The fourth-order valence-corrected chi connectivity index (χ4v) is 1.62. The van der Waals surface area contributed by atoms with Crippen molar-refractivity contribution in [1.29, 1.82) is 0 Å². The van der Waals surface area contributed by atoms with Gasteiger partial charge in [0.1, 0.15) is 12.4 Å². The van der Waals surface area contributed by atoms with Crippen molar-refractivity contribution < 1.29 is 13.2 Å². The highest BCUT2D eigenvalue weighted by Crippen LogP contribution is 2.18. The summed E-state index contributed by atoms with van der Waals surface area (Å²) in [5, 5.41) is 13.6. The number of aliphatic imine (C=N–C) groups is 1. The van der Waals surface area contributed by atoms with Crippen molar-refractivity contribution in [3.8, 4) is 0 Å². The molecule has 1 heterocycles. The lowest BCUT2D eigenvalue weighted by molar-refractivity contribution is -0.132. The van der Waals surface area contributed by atoms with E-state index >= 15 is 0 Å². The first kappa shape index (κ1) is 21.9. The second-order valence-corrected chi connectivity index (χ2v) is 4.96. The van der Waals surface area contributed by atoms with Crippen LogP contribution in [0.5, 0.6) is 0 Å². The van der Waals surface area contributed by atoms with Crippen molar-refractivity contribution >= 4 is 29.9 Å². The molecule has 1 aromatic heterocycles. The van der Waals surface area contributed by atoms with Crippen LogP contribution < -0.4 is 10.6 Å². The molecule has 0 bridgehead atoms. The fourth-order valence-electron chi connectivity index (χ4n) is 1.62. The number of guanidine groups is 1. The van der Waals surface area contributed by atoms with Crippen molar-refractivity contribution in [1.82, 2.24) is 25.4 Å². The first-order valence-corrected chi connectivity index (χ1v) is 7.27. The molecular formula is C13H24F3IN6. The highest BCUT2D eigenvalue weighted by Gasteiger charge is 2.26. The maximum atomic E-state index is 12.2. The predicted octanol–water partition coefficient (Wildman–Crippen LogP) is 2.53. The van der Waals surface area contributed by atoms with Gasteiger partial charge < -0.3 is 15.2 Å². The lowest BCUT2D eigenvalue weighted by Crippen LogP contribution is -2.39. The molecule has 10 heteroatoms. The third-order valence-corrected chi connectivity index (χ3v) is 3.09. The molecule has 6 nitrogen and oxygen atoms in total. The Morgan fingerprint density at radius 2 is 1.87 bits per heavy atom. The Kier molecular flexibility index (Phi) is 10.2. The zero-order valence-corrected chi connectivity index (χ0v) is 15.9. The monoisotopic (exact) mass is 448 g/mol. The van der Waals surface area contributed by atoms with Gasteiger partial charge in [0.05, 0.1) is 6.42 Å². The maximum Gasteiger partial charge on any atom is 0.390 e. The van der Waals surface area contributed by atoms with E-state index in [2.05, 4.69) is 25.8 Å². The van der Waals surface area contributed by atoms with Crippen LogP contribution in [0.1, 0.15) is 37.8 Å². The molecule has 0 radical (unpaired) electrons. The first-order valence-electron chi connectivity index (χ1n) is 7.27. The van der Waals surface area contributed by atoms with E-state index in [-0.39, 0.29) is 37.1 Å². The first-order chi connectivity index (χ1) is 10.3. The molecule has 0 amide bonds. The third-order valence-electron chi connectivity index (χ3n) is 3.09. The van der Waals surface area contributed by atoms with Gasteiger partial charge in [-0.15, -0.1) is 34.2 Å². The van der Waals surface area contributed by atoms with E-state index in [1.54, 1.807) is 4.57 Å². The average molecular weight is 448 g/mol. The Hall–Kier alpha value is -1.07. The summed E-state index contributed by atoms with van der Waals surface area (Å²) in [6.45, 7) is 4.57. The lowest BCUT2D eigenvalue weighted by atomic mass is 10.3. The van der Waals surface area contributed by atoms with Gasteiger partial charge in [-0.2, -0.15) is 13.2 Å². The van der Waals surface area contributed by atoms with Crippen molar-refractivity contribution in [2.45, 2.75) is 45.8 Å². The zero-order valence-electron chi connectivity index (χ0n) is 13.6. The second kappa shape index (κ2) is 10.7. The third kappa shape index (κ3) is 8.96. The predicted molar refractivity (Wildman–Crippen MR) is 93.9 cm³/mol. The Bertz CT molecular complexity index is 487. The van der Waals surface area contributed by atoms with Gasteiger partial charge in [-0.05, 0) is 13.3 Å². The molecule has 0 atom stereocenters. The Labute approximate surface area is 151 Å². The van der Waals surface area contributed by atoms with Gasteiger partial charge in [-0.3, -0.25) is 0 Å². The van der Waals surface area contributed by atoms with E-state index in [9.17, 15) is 13.2 Å². The molecule has 0 aliphatic heterocycles. The van der Waals surface area contributed by atoms with E-state index < -0.39 is 12.6 Å². The van der Waals surface area contributed by atoms with Crippen LogP contribution in [0, 0.1) is 6.92 Å². The molecule has 0 saturated carbocycles. The SMILES string of the molecule is CCCCNC(=NCc1nnc(C)n1C)NCCC(F)(F)F.I. The van der Waals surface area contributed by atoms with E-state index in [0.29, 0.717) is 18.3 Å². The number of alkyl halides is 3. The van der Waals surface area contributed by atoms with Gasteiger partial charge in [0.15, 0.2) is 11.8 Å². The van der Waals surface area contributed by atoms with E-state index in [1.807, 2.05) is 20.9 Å². The topological polar surface area (TPSA) is 67.1 Å². The minimum absolute atomic E-state index is 0. The van der Waals surface area contributed by atoms with Gasteiger partial charge >= 0.3 is 6.18 Å². The van der Waals surface area contributed by atoms with Gasteiger partial charge in [-0.25, -0.2) is 4.99 Å². The van der Waals surface area contributed by atoms with Crippen LogP contribution in [0.3, 0.4) is 0 Å². The minimum atomic E-state index is -4.18. The van der Waals surface area contributed by atoms with Crippen molar-refractivity contribution in [3.05, 3.63) is 11.6 Å². The molecule has 0 saturated heterocycles. The quantitative estimate of drug-likeness (QED) is 0.291. The molecule has 1 aromatic rings. The molecule has 2 N–H and O–H groups in total. The molecule has 1 rings (SSSR count). The lowest BCUT2D eigenvalue weighted by Gasteiger charge is -2.13. The second-order valence-electron chi connectivity index (χ2n) is 4.96. The minimum Gasteiger partial charge on any atom is -0.356 e. The Balaban J connectivity index is 0.00000484. The molecule has 0 aliphatic carbocycles. The molecule has 134 valence electrons. The van der Waals surface area contributed by atoms with Gasteiger partial charge in [0.2, 0.25) is 0 Å². The average Bonchev–Trinajstić information content (AvgIpc) is 2.74. The number of unbranched alkanes of at least 4 members (excludes halogenated alkanes) is 1. The fraction of sp³-hybridized carbons (Fsp3) is 0.769. The van der Waals surface area contributed by atoms with E-state index in [0.717, 1.165) is 18.7 Å². The Morgan fingerprint density at radius 3 is 2.39 bits per heavy atom. The molecule has 0 aliphatic rings. The smallest absolute Gasteiger partial charge is 0.356 e. The molecule has 23 heavy (non-hydrogen) atoms. The van der Waals surface area contributed by atoms with Gasteiger partial charge in [0, 0.05) is 20.1 Å². The molecular weight excluding hydrogens is 424 g/mol. The number of aryl methyl sites for hydroxylation is 1. The summed E-state index contributed by atoms with van der Waals surface area (Å²) in [5.41, 5.74) is 0. The van der Waals surface area contributed by atoms with Crippen molar-refractivity contribution in [2.24, 2.45) is 12.0 Å². The van der Waals surface area contributed by atoms with Crippen LogP contribution in [0.4, 0.5) is 13.2 Å². The van der Waals surface area contributed by atoms with Crippen molar-refractivity contribution in [2.75, 3.05) is 13.1 Å². The summed E-state index contributed by atoms with van der Waals surface area (Å²) < 4.78 is 38.4. The van der Waals surface area contributed by atoms with Crippen LogP contribution in [0.25, 0.3) is 0 Å². The maximum absolute atomic E-state index is 12.2. The van der Waals surface area contributed by atoms with Crippen LogP contribution in [-0.2, 0) is 13.6 Å². The number of hydrogen-bond donors (Lipinski definition) is 2. The van der Waals surface area contributed by atoms with Crippen molar-refractivity contribution in [3.63, 3.8) is 0 Å². The summed E-state index contributed by atoms with van der Waals surface area (Å²) in [6.07, 6.45) is -3.17. The Morgan fingerprint density at radius 1 is 1.22 bits per heavy atom. The van der Waals surface area contributed by atoms with Crippen LogP contribution >= 0.6 is 24.0 Å². The van der Waals surface area contributed by atoms with E-state index in [4.69, 9.17) is 0 Å². The standard InChI is InChI=1S/C13H23F3N6.HI/c1-4-5-7-17-12(18-8-6-13(14,15)16)19-9-11-21-20-10(2)22(11)3;/h4-9H2,1-3H3,(H2,17,18,19);1H. The number of aromatic nitrogens is 3. The van der Waals surface area contributed by atoms with Crippen LogP contribution in [0.2, 0.25) is 0 Å². The van der Waals surface area contributed by atoms with Gasteiger partial charge in [0.25, 0.3) is 0 Å². The number of nitrogens with one attached hydrogen (secondary N) is 2. The number of nitrogens with zero attached hydrogens (tertiary/aromatic N) is 4. The van der Waals surface area contributed by atoms with Gasteiger partial charge in [-0.1, -0.05) is 13.3 Å². The molecule has 0 fully saturated rings. The zero-order chi connectivity index (χ0) is 16.6. The normalized spacial score (nSPS) is 12.0. The largest absolute Gasteiger partial charge is 0.390 e. The summed E-state index contributed by atoms with van der Waals surface area (Å²) in [5.74, 6) is 1.78.